The molecule has 1 heterocycles. The van der Waals surface area contributed by atoms with E-state index in [4.69, 9.17) is 0 Å². The normalized spacial score (nSPS) is 21.6. The van der Waals surface area contributed by atoms with Gasteiger partial charge < -0.3 is 4.90 Å². The van der Waals surface area contributed by atoms with Crippen molar-refractivity contribution in [1.29, 1.82) is 0 Å². The molecular weight excluding hydrogens is 444 g/mol. The Kier molecular flexibility index (Phi) is 9.12. The van der Waals surface area contributed by atoms with Crippen LogP contribution in [-0.4, -0.2) is 30.9 Å². The minimum Gasteiger partial charge on any atom is -0.371 e. The van der Waals surface area contributed by atoms with Gasteiger partial charge in [0.2, 0.25) is 0 Å². The number of nitrogens with zero attached hydrogens (tertiary/aromatic N) is 2. The number of para-hydroxylation sites is 1. The van der Waals surface area contributed by atoms with Crippen LogP contribution in [0.2, 0.25) is 0 Å². The molecule has 1 aliphatic heterocycles. The molecule has 1 atom stereocenters. The molecule has 4 heteroatoms. The molecule has 0 N–H and O–H groups in total. The molecule has 0 spiro atoms. The molecule has 2 aliphatic rings. The molecule has 1 saturated carbocycles. The van der Waals surface area contributed by atoms with Gasteiger partial charge in [-0.25, -0.2) is 0 Å². The van der Waals surface area contributed by atoms with E-state index in [2.05, 4.69) is 48.9 Å². The largest absolute Gasteiger partial charge is 0.371 e. The Morgan fingerprint density at radius 2 is 1.78 bits per heavy atom. The van der Waals surface area contributed by atoms with E-state index in [9.17, 15) is 9.59 Å². The quantitative estimate of drug-likeness (QED) is 0.346. The lowest BCUT2D eigenvalue weighted by Crippen LogP contribution is -2.28. The summed E-state index contributed by atoms with van der Waals surface area (Å²) in [6.07, 6.45) is 10.3. The molecule has 1 fully saturated rings. The lowest BCUT2D eigenvalue weighted by molar-refractivity contribution is -0.124. The second-order valence-corrected chi connectivity index (χ2v) is 10.9. The summed E-state index contributed by atoms with van der Waals surface area (Å²) in [6, 6.07) is 14.2. The maximum atomic E-state index is 13.1. The second kappa shape index (κ2) is 12.5. The first kappa shape index (κ1) is 26.3. The molecule has 1 aliphatic carbocycles. The Morgan fingerprint density at radius 1 is 1.00 bits per heavy atom. The monoisotopic (exact) mass is 486 g/mol. The Bertz CT molecular complexity index is 1080. The Morgan fingerprint density at radius 3 is 2.56 bits per heavy atom. The highest BCUT2D eigenvalue weighted by Gasteiger charge is 2.31. The number of fused-ring (bicyclic) bond motifs is 1. The minimum atomic E-state index is 0.0179. The number of rotatable bonds is 10. The van der Waals surface area contributed by atoms with Crippen molar-refractivity contribution in [2.45, 2.75) is 78.6 Å². The van der Waals surface area contributed by atoms with Crippen LogP contribution < -0.4 is 4.90 Å². The molecule has 0 radical (unpaired) electrons. The van der Waals surface area contributed by atoms with E-state index >= 15 is 0 Å². The fourth-order valence-electron chi connectivity index (χ4n) is 6.07. The third-order valence-electron chi connectivity index (χ3n) is 8.34. The third kappa shape index (κ3) is 6.32. The second-order valence-electron chi connectivity index (χ2n) is 10.9. The standard InChI is InChI=1S/C32H42N2O2/c1-4-20-34(30-12-7-9-23(2)24(30)3)21-8-13-31(35)26-16-14-25(15-17-26)22-27-18-19-33-29-11-6-5-10-28(29)32(27)36/h5-7,9-12,19,25-27H,4,8,13-18,20-22H2,1-3H3. The highest BCUT2D eigenvalue weighted by molar-refractivity contribution is 6.04. The minimum absolute atomic E-state index is 0.0179. The van der Waals surface area contributed by atoms with Crippen LogP contribution in [0.5, 0.6) is 0 Å². The van der Waals surface area contributed by atoms with Gasteiger partial charge in [-0.15, -0.1) is 0 Å². The molecule has 0 aromatic heterocycles. The molecule has 2 aromatic carbocycles. The Hall–Kier alpha value is -2.75. The summed E-state index contributed by atoms with van der Waals surface area (Å²) >= 11 is 0. The zero-order chi connectivity index (χ0) is 25.5. The molecule has 0 saturated heterocycles. The number of hydrogen-bond donors (Lipinski definition) is 0. The van der Waals surface area contributed by atoms with Gasteiger partial charge in [0.05, 0.1) is 5.69 Å². The summed E-state index contributed by atoms with van der Waals surface area (Å²) < 4.78 is 0. The van der Waals surface area contributed by atoms with Gasteiger partial charge in [0, 0.05) is 48.8 Å². The summed E-state index contributed by atoms with van der Waals surface area (Å²) in [5.74, 6) is 1.43. The SMILES string of the molecule is CCCN(CCCC(=O)C1CCC(CC2CC=Nc3ccccc3C2=O)CC1)c1cccc(C)c1C. The van der Waals surface area contributed by atoms with E-state index in [0.717, 1.165) is 75.7 Å². The van der Waals surface area contributed by atoms with Crippen LogP contribution in [0.25, 0.3) is 0 Å². The first-order valence-corrected chi connectivity index (χ1v) is 14.0. The zero-order valence-electron chi connectivity index (χ0n) is 22.3. The van der Waals surface area contributed by atoms with Gasteiger partial charge in [0.1, 0.15) is 5.78 Å². The van der Waals surface area contributed by atoms with Gasteiger partial charge in [-0.2, -0.15) is 0 Å². The average molecular weight is 487 g/mol. The summed E-state index contributed by atoms with van der Waals surface area (Å²) in [5, 5.41) is 0. The Labute approximate surface area is 217 Å². The number of anilines is 1. The summed E-state index contributed by atoms with van der Waals surface area (Å²) in [4.78, 5) is 33.1. The molecule has 192 valence electrons. The van der Waals surface area contributed by atoms with Crippen LogP contribution in [0.4, 0.5) is 11.4 Å². The first-order chi connectivity index (χ1) is 17.5. The summed E-state index contributed by atoms with van der Waals surface area (Å²) in [6.45, 7) is 8.55. The topological polar surface area (TPSA) is 49.7 Å². The molecule has 0 amide bonds. The van der Waals surface area contributed by atoms with Crippen molar-refractivity contribution in [3.8, 4) is 0 Å². The molecule has 1 unspecified atom stereocenters. The number of carbonyl (C=O) groups is 2. The van der Waals surface area contributed by atoms with Crippen LogP contribution in [-0.2, 0) is 4.79 Å². The van der Waals surface area contributed by atoms with Gasteiger partial charge in [0.25, 0.3) is 0 Å². The lowest BCUT2D eigenvalue weighted by Gasteiger charge is -2.30. The molecule has 4 rings (SSSR count). The van der Waals surface area contributed by atoms with Crippen LogP contribution in [0.1, 0.15) is 86.2 Å². The van der Waals surface area contributed by atoms with Crippen molar-refractivity contribution < 1.29 is 9.59 Å². The van der Waals surface area contributed by atoms with Crippen molar-refractivity contribution in [3.63, 3.8) is 0 Å². The number of aliphatic imine (C=N–C) groups is 1. The van der Waals surface area contributed by atoms with Crippen molar-refractivity contribution in [2.75, 3.05) is 18.0 Å². The molecule has 0 bridgehead atoms. The molecular formula is C32H42N2O2. The van der Waals surface area contributed by atoms with Gasteiger partial charge in [-0.1, -0.05) is 31.2 Å². The lowest BCUT2D eigenvalue weighted by atomic mass is 9.74. The predicted octanol–water partition coefficient (Wildman–Crippen LogP) is 7.67. The van der Waals surface area contributed by atoms with Gasteiger partial charge in [-0.05, 0) is 100 Å². The van der Waals surface area contributed by atoms with Crippen molar-refractivity contribution in [2.24, 2.45) is 22.7 Å². The van der Waals surface area contributed by atoms with Crippen molar-refractivity contribution >= 4 is 29.2 Å². The first-order valence-electron chi connectivity index (χ1n) is 14.0. The molecule has 36 heavy (non-hydrogen) atoms. The van der Waals surface area contributed by atoms with Gasteiger partial charge in [-0.3, -0.25) is 14.6 Å². The highest BCUT2D eigenvalue weighted by Crippen LogP contribution is 2.37. The molecule has 2 aromatic rings. The van der Waals surface area contributed by atoms with Crippen LogP contribution in [0.3, 0.4) is 0 Å². The number of benzene rings is 2. The van der Waals surface area contributed by atoms with E-state index in [1.165, 1.54) is 16.8 Å². The van der Waals surface area contributed by atoms with E-state index in [0.29, 0.717) is 18.1 Å². The number of Topliss-reactive ketones (excluding diaryl/α,β-unsaturated/α-hetero) is 2. The Balaban J connectivity index is 1.24. The van der Waals surface area contributed by atoms with Crippen LogP contribution in [0.15, 0.2) is 47.5 Å². The summed E-state index contributed by atoms with van der Waals surface area (Å²) in [7, 11) is 0. The fourth-order valence-corrected chi connectivity index (χ4v) is 6.07. The van der Waals surface area contributed by atoms with Crippen LogP contribution >= 0.6 is 0 Å². The summed E-state index contributed by atoms with van der Waals surface area (Å²) in [5.41, 5.74) is 5.54. The van der Waals surface area contributed by atoms with E-state index in [1.807, 2.05) is 30.5 Å². The smallest absolute Gasteiger partial charge is 0.168 e. The van der Waals surface area contributed by atoms with E-state index in [1.54, 1.807) is 0 Å². The van der Waals surface area contributed by atoms with E-state index < -0.39 is 0 Å². The van der Waals surface area contributed by atoms with Crippen molar-refractivity contribution in [3.05, 3.63) is 59.2 Å². The van der Waals surface area contributed by atoms with E-state index in [-0.39, 0.29) is 17.6 Å². The zero-order valence-corrected chi connectivity index (χ0v) is 22.3. The number of ketones is 2. The van der Waals surface area contributed by atoms with Gasteiger partial charge in [0.15, 0.2) is 5.78 Å². The van der Waals surface area contributed by atoms with Gasteiger partial charge >= 0.3 is 0 Å². The average Bonchev–Trinajstić information content (AvgIpc) is 3.04. The number of carbonyl (C=O) groups excluding carboxylic acids is 2. The predicted molar refractivity (Wildman–Crippen MR) is 150 cm³/mol. The maximum Gasteiger partial charge on any atom is 0.168 e. The maximum absolute atomic E-state index is 13.1. The fraction of sp³-hybridized carbons (Fsp3) is 0.531. The third-order valence-corrected chi connectivity index (χ3v) is 8.34. The highest BCUT2D eigenvalue weighted by atomic mass is 16.1. The number of hydrogen-bond acceptors (Lipinski definition) is 4. The van der Waals surface area contributed by atoms with Crippen LogP contribution in [0, 0.1) is 31.6 Å². The number of aryl methyl sites for hydroxylation is 1. The molecule has 4 nitrogen and oxygen atoms in total. The van der Waals surface area contributed by atoms with Crippen molar-refractivity contribution in [1.82, 2.24) is 0 Å².